The molecular formula is C10H15N3O2S. The van der Waals surface area contributed by atoms with Gasteiger partial charge in [-0.15, -0.1) is 11.3 Å². The third-order valence-corrected chi connectivity index (χ3v) is 2.70. The number of amides is 1. The van der Waals surface area contributed by atoms with Crippen molar-refractivity contribution in [2.24, 2.45) is 5.73 Å². The maximum Gasteiger partial charge on any atom is 0.226 e. The summed E-state index contributed by atoms with van der Waals surface area (Å²) in [5.74, 6) is -0.228. The molecule has 0 aliphatic rings. The van der Waals surface area contributed by atoms with Gasteiger partial charge in [-0.2, -0.15) is 0 Å². The molecule has 0 bridgehead atoms. The number of carbonyl (C=O) groups is 2. The number of rotatable bonds is 5. The van der Waals surface area contributed by atoms with Gasteiger partial charge in [0.05, 0.1) is 0 Å². The molecular weight excluding hydrogens is 226 g/mol. The molecule has 0 saturated carbocycles. The Morgan fingerprint density at radius 2 is 2.31 bits per heavy atom. The molecule has 1 aromatic rings. The molecule has 1 unspecified atom stereocenters. The zero-order valence-electron chi connectivity index (χ0n) is 9.32. The van der Waals surface area contributed by atoms with E-state index in [-0.39, 0.29) is 17.7 Å². The summed E-state index contributed by atoms with van der Waals surface area (Å²) in [6.45, 7) is 3.29. The smallest absolute Gasteiger partial charge is 0.226 e. The number of carbonyl (C=O) groups excluding carboxylic acids is 2. The highest BCUT2D eigenvalue weighted by Crippen LogP contribution is 2.16. The van der Waals surface area contributed by atoms with Gasteiger partial charge in [0.25, 0.3) is 0 Å². The predicted molar refractivity (Wildman–Crippen MR) is 63.6 cm³/mol. The van der Waals surface area contributed by atoms with Crippen molar-refractivity contribution in [3.05, 3.63) is 11.1 Å². The summed E-state index contributed by atoms with van der Waals surface area (Å²) in [6.07, 6.45) is 1.00. The van der Waals surface area contributed by atoms with Gasteiger partial charge in [0.1, 0.15) is 5.69 Å². The highest BCUT2D eigenvalue weighted by atomic mass is 32.1. The molecule has 5 nitrogen and oxygen atoms in total. The van der Waals surface area contributed by atoms with Crippen LogP contribution in [-0.2, 0) is 4.79 Å². The average molecular weight is 241 g/mol. The van der Waals surface area contributed by atoms with E-state index in [0.29, 0.717) is 23.7 Å². The van der Waals surface area contributed by atoms with Crippen LogP contribution in [0.25, 0.3) is 0 Å². The molecule has 1 atom stereocenters. The zero-order valence-corrected chi connectivity index (χ0v) is 10.1. The Balaban J connectivity index is 2.46. The van der Waals surface area contributed by atoms with Gasteiger partial charge in [0.15, 0.2) is 10.9 Å². The van der Waals surface area contributed by atoms with Gasteiger partial charge in [0, 0.05) is 24.8 Å². The second-order valence-corrected chi connectivity index (χ2v) is 4.52. The van der Waals surface area contributed by atoms with Gasteiger partial charge in [-0.05, 0) is 13.3 Å². The summed E-state index contributed by atoms with van der Waals surface area (Å²) in [6, 6.07) is 0.00910. The molecule has 0 aromatic carbocycles. The third-order valence-electron chi connectivity index (χ3n) is 1.94. The van der Waals surface area contributed by atoms with Crippen LogP contribution in [0.3, 0.4) is 0 Å². The van der Waals surface area contributed by atoms with Gasteiger partial charge in [-0.3, -0.25) is 9.59 Å². The maximum atomic E-state index is 11.4. The Morgan fingerprint density at radius 3 is 2.81 bits per heavy atom. The molecule has 88 valence electrons. The summed E-state index contributed by atoms with van der Waals surface area (Å²) >= 11 is 1.25. The van der Waals surface area contributed by atoms with Crippen LogP contribution in [-0.4, -0.2) is 22.7 Å². The third kappa shape index (κ3) is 4.08. The summed E-state index contributed by atoms with van der Waals surface area (Å²) < 4.78 is 0. The van der Waals surface area contributed by atoms with Gasteiger partial charge >= 0.3 is 0 Å². The summed E-state index contributed by atoms with van der Waals surface area (Å²) in [7, 11) is 0. The SMILES string of the molecule is CC(=O)c1csc(NC(=O)CCC(C)N)n1. The topological polar surface area (TPSA) is 85.1 Å². The number of nitrogens with one attached hydrogen (secondary N) is 1. The summed E-state index contributed by atoms with van der Waals surface area (Å²) in [5.41, 5.74) is 5.92. The second-order valence-electron chi connectivity index (χ2n) is 3.66. The van der Waals surface area contributed by atoms with Crippen LogP contribution in [0, 0.1) is 0 Å². The van der Waals surface area contributed by atoms with Crippen LogP contribution in [0.4, 0.5) is 5.13 Å². The molecule has 1 aromatic heterocycles. The predicted octanol–water partition coefficient (Wildman–Crippen LogP) is 1.41. The zero-order chi connectivity index (χ0) is 12.1. The van der Waals surface area contributed by atoms with Crippen molar-refractivity contribution in [3.63, 3.8) is 0 Å². The minimum Gasteiger partial charge on any atom is -0.328 e. The number of Topliss-reactive ketones (excluding diaryl/α,β-unsaturated/α-hetero) is 1. The molecule has 0 aliphatic carbocycles. The van der Waals surface area contributed by atoms with Crippen LogP contribution in [0.5, 0.6) is 0 Å². The van der Waals surface area contributed by atoms with Crippen molar-refractivity contribution < 1.29 is 9.59 Å². The van der Waals surface area contributed by atoms with Crippen LogP contribution in [0.15, 0.2) is 5.38 Å². The normalized spacial score (nSPS) is 12.2. The lowest BCUT2D eigenvalue weighted by Crippen LogP contribution is -2.19. The van der Waals surface area contributed by atoms with Crippen molar-refractivity contribution in [1.82, 2.24) is 4.98 Å². The van der Waals surface area contributed by atoms with Crippen molar-refractivity contribution in [2.75, 3.05) is 5.32 Å². The van der Waals surface area contributed by atoms with Crippen molar-refractivity contribution in [1.29, 1.82) is 0 Å². The fraction of sp³-hybridized carbons (Fsp3) is 0.500. The number of nitrogens with zero attached hydrogens (tertiary/aromatic N) is 1. The van der Waals surface area contributed by atoms with E-state index >= 15 is 0 Å². The Labute approximate surface area is 98.1 Å². The van der Waals surface area contributed by atoms with E-state index in [1.54, 1.807) is 5.38 Å². The van der Waals surface area contributed by atoms with Gasteiger partial charge in [-0.25, -0.2) is 4.98 Å². The molecule has 0 fully saturated rings. The number of ketones is 1. The van der Waals surface area contributed by atoms with E-state index in [1.807, 2.05) is 6.92 Å². The van der Waals surface area contributed by atoms with Crippen molar-refractivity contribution >= 4 is 28.2 Å². The first-order valence-corrected chi connectivity index (χ1v) is 5.89. The van der Waals surface area contributed by atoms with E-state index in [1.165, 1.54) is 18.3 Å². The second kappa shape index (κ2) is 5.72. The minimum absolute atomic E-state index is 0.00910. The number of aromatic nitrogens is 1. The van der Waals surface area contributed by atoms with E-state index in [2.05, 4.69) is 10.3 Å². The number of hydrogen-bond acceptors (Lipinski definition) is 5. The van der Waals surface area contributed by atoms with Crippen LogP contribution in [0.1, 0.15) is 37.2 Å². The first-order chi connectivity index (χ1) is 7.49. The molecule has 0 saturated heterocycles. The molecule has 1 amide bonds. The highest BCUT2D eigenvalue weighted by Gasteiger charge is 2.09. The largest absolute Gasteiger partial charge is 0.328 e. The molecule has 0 aliphatic heterocycles. The minimum atomic E-state index is -0.123. The molecule has 1 rings (SSSR count). The van der Waals surface area contributed by atoms with Crippen LogP contribution >= 0.6 is 11.3 Å². The van der Waals surface area contributed by atoms with E-state index in [0.717, 1.165) is 0 Å². The number of nitrogens with two attached hydrogens (primary N) is 1. The molecule has 0 radical (unpaired) electrons. The lowest BCUT2D eigenvalue weighted by Gasteiger charge is -2.03. The van der Waals surface area contributed by atoms with Gasteiger partial charge < -0.3 is 11.1 Å². The highest BCUT2D eigenvalue weighted by molar-refractivity contribution is 7.14. The molecule has 16 heavy (non-hydrogen) atoms. The molecule has 6 heteroatoms. The Kier molecular flexibility index (Phi) is 4.57. The summed E-state index contributed by atoms with van der Waals surface area (Å²) in [4.78, 5) is 26.4. The van der Waals surface area contributed by atoms with E-state index < -0.39 is 0 Å². The Bertz CT molecular complexity index is 387. The van der Waals surface area contributed by atoms with Crippen molar-refractivity contribution in [3.8, 4) is 0 Å². The standard InChI is InChI=1S/C10H15N3O2S/c1-6(11)3-4-9(15)13-10-12-8(5-16-10)7(2)14/h5-6H,3-4,11H2,1-2H3,(H,12,13,15). The quantitative estimate of drug-likeness (QED) is 0.763. The van der Waals surface area contributed by atoms with E-state index in [4.69, 9.17) is 5.73 Å². The fourth-order valence-corrected chi connectivity index (χ4v) is 1.80. The Hall–Kier alpha value is -1.27. The maximum absolute atomic E-state index is 11.4. The number of hydrogen-bond donors (Lipinski definition) is 2. The lowest BCUT2D eigenvalue weighted by molar-refractivity contribution is -0.116. The first-order valence-electron chi connectivity index (χ1n) is 5.01. The Morgan fingerprint density at radius 1 is 1.62 bits per heavy atom. The number of thiazole rings is 1. The molecule has 3 N–H and O–H groups in total. The first kappa shape index (κ1) is 12.8. The lowest BCUT2D eigenvalue weighted by atomic mass is 10.2. The van der Waals surface area contributed by atoms with E-state index in [9.17, 15) is 9.59 Å². The molecule has 1 heterocycles. The monoisotopic (exact) mass is 241 g/mol. The fourth-order valence-electron chi connectivity index (χ4n) is 1.03. The van der Waals surface area contributed by atoms with Crippen molar-refractivity contribution in [2.45, 2.75) is 32.7 Å². The summed E-state index contributed by atoms with van der Waals surface area (Å²) in [5, 5.41) is 4.72. The molecule has 0 spiro atoms. The average Bonchev–Trinajstić information content (AvgIpc) is 2.63. The number of anilines is 1. The van der Waals surface area contributed by atoms with Gasteiger partial charge in [0.2, 0.25) is 5.91 Å². The van der Waals surface area contributed by atoms with Gasteiger partial charge in [-0.1, -0.05) is 0 Å². The van der Waals surface area contributed by atoms with Crippen LogP contribution < -0.4 is 11.1 Å². The van der Waals surface area contributed by atoms with Crippen LogP contribution in [0.2, 0.25) is 0 Å².